The summed E-state index contributed by atoms with van der Waals surface area (Å²) in [7, 11) is 5.87. The van der Waals surface area contributed by atoms with E-state index in [2.05, 4.69) is 40.3 Å². The molecule has 1 unspecified atom stereocenters. The van der Waals surface area contributed by atoms with E-state index in [4.69, 9.17) is 19.4 Å². The molecule has 54 heavy (non-hydrogen) atoms. The largest absolute Gasteiger partial charge is 0.453 e. The number of rotatable bonds is 11. The van der Waals surface area contributed by atoms with Crippen LogP contribution >= 0.6 is 0 Å². The number of nitrogens with one attached hydrogen (secondary N) is 2. The first kappa shape index (κ1) is 38.6. The molecule has 4 amide bonds. The van der Waals surface area contributed by atoms with Crippen molar-refractivity contribution in [1.82, 2.24) is 39.5 Å². The van der Waals surface area contributed by atoms with Gasteiger partial charge >= 0.3 is 12.2 Å². The third-order valence-electron chi connectivity index (χ3n) is 11.1. The van der Waals surface area contributed by atoms with Gasteiger partial charge in [-0.05, 0) is 85.8 Å². The van der Waals surface area contributed by atoms with E-state index in [1.54, 1.807) is 14.1 Å². The molecular weight excluding hydrogens is 688 g/mol. The summed E-state index contributed by atoms with van der Waals surface area (Å²) < 4.78 is 9.82. The van der Waals surface area contributed by atoms with Crippen LogP contribution in [0, 0.1) is 11.8 Å². The zero-order valence-corrected chi connectivity index (χ0v) is 32.7. The van der Waals surface area contributed by atoms with Crippen molar-refractivity contribution >= 4 is 46.1 Å². The number of nitrogens with zero attached hydrogens (tertiary/aromatic N) is 6. The van der Waals surface area contributed by atoms with E-state index in [-0.39, 0.29) is 35.7 Å². The second-order valence-corrected chi connectivity index (χ2v) is 15.4. The number of imidazole rings is 2. The van der Waals surface area contributed by atoms with Gasteiger partial charge in [-0.15, -0.1) is 0 Å². The Kier molecular flexibility index (Phi) is 11.5. The Hall–Kier alpha value is -5.14. The number of hydrogen-bond acceptors (Lipinski definition) is 8. The van der Waals surface area contributed by atoms with Gasteiger partial charge in [0.15, 0.2) is 0 Å². The predicted octanol–water partition coefficient (Wildman–Crippen LogP) is 6.00. The Morgan fingerprint density at radius 1 is 0.704 bits per heavy atom. The lowest BCUT2D eigenvalue weighted by atomic mass is 10.0. The van der Waals surface area contributed by atoms with E-state index < -0.39 is 24.3 Å². The Bertz CT molecular complexity index is 1860. The molecule has 2 aliphatic rings. The maximum Gasteiger partial charge on any atom is 0.409 e. The minimum Gasteiger partial charge on any atom is -0.453 e. The van der Waals surface area contributed by atoms with Gasteiger partial charge in [0.25, 0.3) is 0 Å². The van der Waals surface area contributed by atoms with Gasteiger partial charge in [-0.3, -0.25) is 19.4 Å². The van der Waals surface area contributed by atoms with Crippen molar-refractivity contribution in [3.63, 3.8) is 0 Å². The minimum atomic E-state index is -0.632. The highest BCUT2D eigenvalue weighted by atomic mass is 16.5. The average molecular weight is 743 g/mol. The van der Waals surface area contributed by atoms with Crippen molar-refractivity contribution in [3.05, 3.63) is 59.2 Å². The monoisotopic (exact) mass is 742 g/mol. The highest BCUT2D eigenvalue weighted by molar-refractivity contribution is 5.87. The van der Waals surface area contributed by atoms with Crippen LogP contribution in [0.3, 0.4) is 0 Å². The molecule has 2 fully saturated rings. The van der Waals surface area contributed by atoms with Crippen molar-refractivity contribution in [2.45, 2.75) is 90.4 Å². The molecule has 4 aromatic rings. The molecule has 2 aromatic carbocycles. The lowest BCUT2D eigenvalue weighted by Crippen LogP contribution is -2.51. The number of H-pyrrole nitrogens is 2. The van der Waals surface area contributed by atoms with Crippen molar-refractivity contribution < 1.29 is 28.7 Å². The third-order valence-corrected chi connectivity index (χ3v) is 11.1. The fourth-order valence-corrected chi connectivity index (χ4v) is 8.34. The summed E-state index contributed by atoms with van der Waals surface area (Å²) in [4.78, 5) is 75.6. The Labute approximate surface area is 316 Å². The molecule has 2 aromatic heterocycles. The number of likely N-dealkylation sites (N-methyl/N-ethyl adjacent to an activating group) is 2. The smallest absolute Gasteiger partial charge is 0.409 e. The number of carbonyl (C=O) groups excluding carboxylic acids is 4. The first-order valence-corrected chi connectivity index (χ1v) is 19.0. The van der Waals surface area contributed by atoms with Gasteiger partial charge in [-0.25, -0.2) is 19.6 Å². The summed E-state index contributed by atoms with van der Waals surface area (Å²) in [6, 6.07) is 10.9. The number of aromatic amines is 2. The van der Waals surface area contributed by atoms with Crippen molar-refractivity contribution in [2.24, 2.45) is 11.8 Å². The Morgan fingerprint density at radius 3 is 1.67 bits per heavy atom. The quantitative estimate of drug-likeness (QED) is 0.190. The molecule has 2 N–H and O–H groups in total. The van der Waals surface area contributed by atoms with Crippen LogP contribution in [0.1, 0.15) is 88.2 Å². The number of methoxy groups -OCH3 is 2. The molecule has 0 bridgehead atoms. The van der Waals surface area contributed by atoms with Crippen LogP contribution in [0.25, 0.3) is 22.1 Å². The standard InChI is InChI=1S/C40H54N8O6/c1-23(2)33(45(5)39(51)53-7)37(49)47-19-9-11-31(47)35-41-27-17-15-25(21-29(27)43-35)13-14-26-16-18-28-30(22-26)44-36(42-28)32-12-10-20-48(32)38(50)34(24(3)4)46(6)40(52)54-8/h15-18,21-24,31-34H,9-14,19-20H2,1-8H3,(H,41,43)(H,42,44)/t31-,32?,33-,34-/m0/s1. The number of benzene rings is 2. The van der Waals surface area contributed by atoms with E-state index in [1.807, 2.05) is 43.6 Å². The fraction of sp³-hybridized carbons (Fsp3) is 0.550. The van der Waals surface area contributed by atoms with Gasteiger partial charge in [0, 0.05) is 27.2 Å². The molecular formula is C40H54N8O6. The lowest BCUT2D eigenvalue weighted by molar-refractivity contribution is -0.139. The van der Waals surface area contributed by atoms with Crippen molar-refractivity contribution in [3.8, 4) is 0 Å². The van der Waals surface area contributed by atoms with Crippen molar-refractivity contribution in [1.29, 1.82) is 0 Å². The van der Waals surface area contributed by atoms with Crippen LogP contribution in [0.4, 0.5) is 9.59 Å². The van der Waals surface area contributed by atoms with Crippen LogP contribution in [0.15, 0.2) is 36.4 Å². The van der Waals surface area contributed by atoms with Gasteiger partial charge in [0.2, 0.25) is 11.8 Å². The summed E-state index contributed by atoms with van der Waals surface area (Å²) in [6.45, 7) is 8.96. The highest BCUT2D eigenvalue weighted by Gasteiger charge is 2.41. The maximum absolute atomic E-state index is 13.8. The number of aryl methyl sites for hydroxylation is 2. The number of aromatic nitrogens is 4. The van der Waals surface area contributed by atoms with Gasteiger partial charge in [-0.1, -0.05) is 39.8 Å². The molecule has 14 nitrogen and oxygen atoms in total. The molecule has 2 aliphatic heterocycles. The topological polar surface area (TPSA) is 157 Å². The van der Waals surface area contributed by atoms with Gasteiger partial charge in [-0.2, -0.15) is 0 Å². The van der Waals surface area contributed by atoms with Crippen LogP contribution in [0.5, 0.6) is 0 Å². The number of hydrogen-bond donors (Lipinski definition) is 2. The average Bonchev–Trinajstić information content (AvgIpc) is 3.97. The minimum absolute atomic E-state index is 0.0870. The highest BCUT2D eigenvalue weighted by Crippen LogP contribution is 2.35. The molecule has 0 spiro atoms. The molecule has 2 saturated heterocycles. The number of amides is 4. The molecule has 6 rings (SSSR count). The molecule has 0 radical (unpaired) electrons. The van der Waals surface area contributed by atoms with E-state index in [9.17, 15) is 19.2 Å². The van der Waals surface area contributed by atoms with Crippen molar-refractivity contribution in [2.75, 3.05) is 41.4 Å². The zero-order chi connectivity index (χ0) is 38.8. The second kappa shape index (κ2) is 16.1. The fourth-order valence-electron chi connectivity index (χ4n) is 8.34. The van der Waals surface area contributed by atoms with E-state index in [0.29, 0.717) is 13.1 Å². The van der Waals surface area contributed by atoms with E-state index in [0.717, 1.165) is 83.4 Å². The molecule has 14 heteroatoms. The Balaban J connectivity index is 1.14. The summed E-state index contributed by atoms with van der Waals surface area (Å²) in [5, 5.41) is 0. The lowest BCUT2D eigenvalue weighted by Gasteiger charge is -2.34. The number of fused-ring (bicyclic) bond motifs is 2. The number of carbonyl (C=O) groups is 4. The molecule has 0 saturated carbocycles. The first-order chi connectivity index (χ1) is 25.8. The van der Waals surface area contributed by atoms with E-state index in [1.165, 1.54) is 24.0 Å². The normalized spacial score (nSPS) is 18.5. The zero-order valence-electron chi connectivity index (χ0n) is 32.7. The molecule has 0 aliphatic carbocycles. The molecule has 4 heterocycles. The van der Waals surface area contributed by atoms with Gasteiger partial charge < -0.3 is 29.2 Å². The van der Waals surface area contributed by atoms with Gasteiger partial charge in [0.1, 0.15) is 23.7 Å². The molecule has 290 valence electrons. The van der Waals surface area contributed by atoms with Crippen LogP contribution in [0.2, 0.25) is 0 Å². The molecule has 4 atom stereocenters. The summed E-state index contributed by atoms with van der Waals surface area (Å²) in [5.74, 6) is 1.15. The first-order valence-electron chi connectivity index (χ1n) is 19.0. The number of ether oxygens (including phenoxy) is 2. The third kappa shape index (κ3) is 7.60. The number of likely N-dealkylation sites (tertiary alicyclic amines) is 2. The van der Waals surface area contributed by atoms with E-state index >= 15 is 0 Å². The second-order valence-electron chi connectivity index (χ2n) is 15.4. The van der Waals surface area contributed by atoms with Gasteiger partial charge in [0.05, 0.1) is 48.4 Å². The van der Waals surface area contributed by atoms with Crippen LogP contribution < -0.4 is 0 Å². The Morgan fingerprint density at radius 2 is 1.17 bits per heavy atom. The summed E-state index contributed by atoms with van der Waals surface area (Å²) >= 11 is 0. The predicted molar refractivity (Wildman–Crippen MR) is 205 cm³/mol. The van der Waals surface area contributed by atoms with Crippen LogP contribution in [-0.4, -0.2) is 117 Å². The summed E-state index contributed by atoms with van der Waals surface area (Å²) in [5.41, 5.74) is 5.87. The summed E-state index contributed by atoms with van der Waals surface area (Å²) in [6.07, 6.45) is 3.86. The SMILES string of the molecule is COC(=O)N(C)[C@H](C(=O)N1CCCC1c1nc2cc(CCc3ccc4nc([C@@H]5CCCN5C(=O)[C@H](C(C)C)N(C)C(=O)OC)[nH]c4c3)ccc2[nH]1)C(C)C. The van der Waals surface area contributed by atoms with Crippen LogP contribution in [-0.2, 0) is 31.9 Å². The maximum atomic E-state index is 13.8.